The van der Waals surface area contributed by atoms with E-state index in [4.69, 9.17) is 10.5 Å². The number of benzene rings is 1. The first-order valence-corrected chi connectivity index (χ1v) is 8.65. The molecule has 2 N–H and O–H groups in total. The summed E-state index contributed by atoms with van der Waals surface area (Å²) in [6, 6.07) is 6.34. The molecular formula is C17H24BrNO. The summed E-state index contributed by atoms with van der Waals surface area (Å²) in [6.45, 7) is 2.31. The highest BCUT2D eigenvalue weighted by atomic mass is 79.9. The van der Waals surface area contributed by atoms with E-state index >= 15 is 0 Å². The molecule has 1 heterocycles. The third kappa shape index (κ3) is 2.75. The summed E-state index contributed by atoms with van der Waals surface area (Å²) in [5.41, 5.74) is 7.58. The molecule has 1 spiro atoms. The van der Waals surface area contributed by atoms with Crippen LogP contribution in [0.3, 0.4) is 0 Å². The van der Waals surface area contributed by atoms with Crippen LogP contribution < -0.4 is 10.5 Å². The second-order valence-corrected chi connectivity index (χ2v) is 7.40. The smallest absolute Gasteiger partial charge is 0.124 e. The van der Waals surface area contributed by atoms with Crippen molar-refractivity contribution in [3.05, 3.63) is 28.2 Å². The van der Waals surface area contributed by atoms with Gasteiger partial charge in [-0.05, 0) is 49.8 Å². The Morgan fingerprint density at radius 3 is 3.00 bits per heavy atom. The van der Waals surface area contributed by atoms with E-state index in [1.807, 2.05) is 0 Å². The Balaban J connectivity index is 1.85. The number of ether oxygens (including phenoxy) is 1. The topological polar surface area (TPSA) is 35.2 Å². The van der Waals surface area contributed by atoms with Crippen LogP contribution in [-0.2, 0) is 0 Å². The first-order valence-electron chi connectivity index (χ1n) is 7.86. The van der Waals surface area contributed by atoms with Crippen LogP contribution >= 0.6 is 15.9 Å². The van der Waals surface area contributed by atoms with Crippen LogP contribution in [0.4, 0.5) is 0 Å². The molecule has 2 aliphatic rings. The maximum absolute atomic E-state index is 6.46. The molecule has 0 bridgehead atoms. The number of halogens is 1. The van der Waals surface area contributed by atoms with Gasteiger partial charge in [0.25, 0.3) is 0 Å². The van der Waals surface area contributed by atoms with Crippen LogP contribution in [0.5, 0.6) is 5.75 Å². The highest BCUT2D eigenvalue weighted by Crippen LogP contribution is 2.46. The van der Waals surface area contributed by atoms with Crippen LogP contribution in [0.2, 0.25) is 0 Å². The van der Waals surface area contributed by atoms with Crippen molar-refractivity contribution >= 4 is 15.9 Å². The quantitative estimate of drug-likeness (QED) is 0.785. The van der Waals surface area contributed by atoms with Gasteiger partial charge in [-0.15, -0.1) is 0 Å². The minimum Gasteiger partial charge on any atom is -0.487 e. The van der Waals surface area contributed by atoms with E-state index in [2.05, 4.69) is 41.1 Å². The summed E-state index contributed by atoms with van der Waals surface area (Å²) in [7, 11) is 0. The SMILES string of the molecule is CCC1CCCC2(CC1)C[C@H](N)c1cc(Br)ccc1O2. The zero-order valence-corrected chi connectivity index (χ0v) is 13.8. The molecule has 1 saturated carbocycles. The highest BCUT2D eigenvalue weighted by molar-refractivity contribution is 9.10. The molecule has 20 heavy (non-hydrogen) atoms. The first kappa shape index (κ1) is 14.4. The maximum Gasteiger partial charge on any atom is 0.124 e. The zero-order valence-electron chi connectivity index (χ0n) is 12.2. The van der Waals surface area contributed by atoms with Crippen molar-refractivity contribution in [2.45, 2.75) is 63.5 Å². The predicted molar refractivity (Wildman–Crippen MR) is 85.9 cm³/mol. The summed E-state index contributed by atoms with van der Waals surface area (Å²) < 4.78 is 7.54. The highest BCUT2D eigenvalue weighted by Gasteiger charge is 2.40. The van der Waals surface area contributed by atoms with Gasteiger partial charge in [-0.2, -0.15) is 0 Å². The Bertz CT molecular complexity index is 490. The number of nitrogens with two attached hydrogens (primary N) is 1. The van der Waals surface area contributed by atoms with E-state index in [9.17, 15) is 0 Å². The van der Waals surface area contributed by atoms with Crippen molar-refractivity contribution in [2.24, 2.45) is 11.7 Å². The van der Waals surface area contributed by atoms with Crippen LogP contribution in [0, 0.1) is 5.92 Å². The molecule has 1 aromatic carbocycles. The Hall–Kier alpha value is -0.540. The second kappa shape index (κ2) is 5.69. The molecule has 0 radical (unpaired) electrons. The Morgan fingerprint density at radius 2 is 2.20 bits per heavy atom. The fourth-order valence-electron chi connectivity index (χ4n) is 3.85. The Labute approximate surface area is 130 Å². The fourth-order valence-corrected chi connectivity index (χ4v) is 4.23. The van der Waals surface area contributed by atoms with Gasteiger partial charge in [-0.1, -0.05) is 35.7 Å². The molecule has 1 fully saturated rings. The lowest BCUT2D eigenvalue weighted by atomic mass is 9.82. The summed E-state index contributed by atoms with van der Waals surface area (Å²) in [5.74, 6) is 1.88. The molecular weight excluding hydrogens is 314 g/mol. The van der Waals surface area contributed by atoms with Crippen molar-refractivity contribution in [1.82, 2.24) is 0 Å². The van der Waals surface area contributed by atoms with Gasteiger partial charge >= 0.3 is 0 Å². The Morgan fingerprint density at radius 1 is 1.35 bits per heavy atom. The number of rotatable bonds is 1. The van der Waals surface area contributed by atoms with Gasteiger partial charge in [-0.3, -0.25) is 0 Å². The molecule has 110 valence electrons. The Kier molecular flexibility index (Phi) is 4.09. The van der Waals surface area contributed by atoms with Crippen LogP contribution in [0.1, 0.15) is 63.5 Å². The third-order valence-electron chi connectivity index (χ3n) is 5.12. The van der Waals surface area contributed by atoms with Crippen molar-refractivity contribution in [2.75, 3.05) is 0 Å². The monoisotopic (exact) mass is 337 g/mol. The first-order chi connectivity index (χ1) is 9.62. The third-order valence-corrected chi connectivity index (χ3v) is 5.61. The van der Waals surface area contributed by atoms with Crippen LogP contribution in [-0.4, -0.2) is 5.60 Å². The minimum absolute atomic E-state index is 0.00976. The molecule has 0 amide bonds. The van der Waals surface area contributed by atoms with Crippen LogP contribution in [0.15, 0.2) is 22.7 Å². The van der Waals surface area contributed by atoms with E-state index in [1.165, 1.54) is 25.7 Å². The molecule has 0 saturated heterocycles. The van der Waals surface area contributed by atoms with Gasteiger partial charge in [0.1, 0.15) is 11.4 Å². The van der Waals surface area contributed by atoms with Crippen molar-refractivity contribution < 1.29 is 4.74 Å². The molecule has 1 aromatic rings. The molecule has 3 rings (SSSR count). The second-order valence-electron chi connectivity index (χ2n) is 6.48. The number of hydrogen-bond acceptors (Lipinski definition) is 2. The zero-order chi connectivity index (χ0) is 14.2. The van der Waals surface area contributed by atoms with Crippen molar-refractivity contribution in [1.29, 1.82) is 0 Å². The molecule has 1 aliphatic heterocycles. The van der Waals surface area contributed by atoms with Gasteiger partial charge in [0.15, 0.2) is 0 Å². The van der Waals surface area contributed by atoms with Gasteiger partial charge in [0.05, 0.1) is 0 Å². The average molecular weight is 338 g/mol. The van der Waals surface area contributed by atoms with Crippen LogP contribution in [0.25, 0.3) is 0 Å². The summed E-state index contributed by atoms with van der Waals surface area (Å²) >= 11 is 3.52. The molecule has 2 unspecified atom stereocenters. The van der Waals surface area contributed by atoms with Gasteiger partial charge < -0.3 is 10.5 Å². The maximum atomic E-state index is 6.46. The molecule has 0 aromatic heterocycles. The van der Waals surface area contributed by atoms with E-state index < -0.39 is 0 Å². The van der Waals surface area contributed by atoms with Gasteiger partial charge in [0.2, 0.25) is 0 Å². The number of hydrogen-bond donors (Lipinski definition) is 1. The van der Waals surface area contributed by atoms with Gasteiger partial charge in [0, 0.05) is 22.5 Å². The summed E-state index contributed by atoms with van der Waals surface area (Å²) in [6.07, 6.45) is 8.50. The average Bonchev–Trinajstić information content (AvgIpc) is 2.62. The summed E-state index contributed by atoms with van der Waals surface area (Å²) in [5, 5.41) is 0. The van der Waals surface area contributed by atoms with E-state index in [-0.39, 0.29) is 11.6 Å². The van der Waals surface area contributed by atoms with Gasteiger partial charge in [-0.25, -0.2) is 0 Å². The predicted octanol–water partition coefficient (Wildman–Crippen LogP) is 4.96. The lowest BCUT2D eigenvalue weighted by molar-refractivity contribution is 0.0203. The molecule has 3 atom stereocenters. The normalized spacial score (nSPS) is 33.4. The lowest BCUT2D eigenvalue weighted by Crippen LogP contribution is -2.42. The summed E-state index contributed by atoms with van der Waals surface area (Å²) in [4.78, 5) is 0. The minimum atomic E-state index is -0.00976. The molecule has 3 heteroatoms. The van der Waals surface area contributed by atoms with E-state index in [0.717, 1.165) is 41.0 Å². The van der Waals surface area contributed by atoms with Crippen molar-refractivity contribution in [3.63, 3.8) is 0 Å². The largest absolute Gasteiger partial charge is 0.487 e. The lowest BCUT2D eigenvalue weighted by Gasteiger charge is -2.41. The standard InChI is InChI=1S/C17H24BrNO/c1-2-12-4-3-8-17(9-7-12)11-15(19)14-10-13(18)5-6-16(14)20-17/h5-6,10,12,15H,2-4,7-9,11,19H2,1H3/t12?,15-,17?/m0/s1. The molecule has 1 aliphatic carbocycles. The molecule has 2 nitrogen and oxygen atoms in total. The van der Waals surface area contributed by atoms with E-state index in [1.54, 1.807) is 0 Å². The number of fused-ring (bicyclic) bond motifs is 1. The van der Waals surface area contributed by atoms with E-state index in [0.29, 0.717) is 0 Å². The fraction of sp³-hybridized carbons (Fsp3) is 0.647. The van der Waals surface area contributed by atoms with Crippen molar-refractivity contribution in [3.8, 4) is 5.75 Å².